The van der Waals surface area contributed by atoms with Gasteiger partial charge in [-0.15, -0.1) is 0 Å². The molecule has 1 saturated heterocycles. The van der Waals surface area contributed by atoms with Gasteiger partial charge in [-0.2, -0.15) is 0 Å². The molecular weight excluding hydrogens is 270 g/mol. The van der Waals surface area contributed by atoms with E-state index in [1.165, 1.54) is 25.1 Å². The zero-order valence-electron chi connectivity index (χ0n) is 11.7. The monoisotopic (exact) mass is 289 g/mol. The summed E-state index contributed by atoms with van der Waals surface area (Å²) < 4.78 is 0. The maximum Gasteiger partial charge on any atom is 0.354 e. The molecule has 0 aromatic carbocycles. The van der Waals surface area contributed by atoms with Crippen LogP contribution in [0.1, 0.15) is 35.3 Å². The van der Waals surface area contributed by atoms with E-state index in [9.17, 15) is 9.59 Å². The van der Waals surface area contributed by atoms with Gasteiger partial charge in [0.2, 0.25) is 5.91 Å². The van der Waals surface area contributed by atoms with E-state index < -0.39 is 5.97 Å². The lowest BCUT2D eigenvalue weighted by Gasteiger charge is -2.17. The summed E-state index contributed by atoms with van der Waals surface area (Å²) in [4.78, 5) is 26.8. The average molecular weight is 289 g/mol. The molecule has 1 aliphatic carbocycles. The van der Waals surface area contributed by atoms with Crippen molar-refractivity contribution < 1.29 is 14.7 Å². The summed E-state index contributed by atoms with van der Waals surface area (Å²) in [5.74, 6) is 0.106. The summed E-state index contributed by atoms with van der Waals surface area (Å²) in [5, 5.41) is 15.0. The van der Waals surface area contributed by atoms with Gasteiger partial charge in [0.25, 0.3) is 0 Å². The highest BCUT2D eigenvalue weighted by atomic mass is 16.4. The number of nitrogens with one attached hydrogen (secondary N) is 2. The highest BCUT2D eigenvalue weighted by Crippen LogP contribution is 2.37. The van der Waals surface area contributed by atoms with Crippen molar-refractivity contribution in [2.75, 3.05) is 6.54 Å². The fraction of sp³-hybridized carbons (Fsp3) is 0.533. The summed E-state index contributed by atoms with van der Waals surface area (Å²) in [6.07, 6.45) is 5.07. The predicted molar refractivity (Wildman–Crippen MR) is 75.7 cm³/mol. The molecule has 1 saturated carbocycles. The van der Waals surface area contributed by atoms with Crippen molar-refractivity contribution >= 4 is 11.9 Å². The van der Waals surface area contributed by atoms with Crippen LogP contribution in [0.25, 0.3) is 0 Å². The van der Waals surface area contributed by atoms with Crippen molar-refractivity contribution in [2.45, 2.75) is 31.8 Å². The van der Waals surface area contributed by atoms with Gasteiger partial charge in [-0.25, -0.2) is 9.78 Å². The zero-order chi connectivity index (χ0) is 14.8. The number of carboxylic acid groups (broad SMARTS) is 1. The van der Waals surface area contributed by atoms with Gasteiger partial charge in [-0.05, 0) is 42.9 Å². The summed E-state index contributed by atoms with van der Waals surface area (Å²) in [7, 11) is 0. The first-order valence-corrected chi connectivity index (χ1v) is 7.34. The van der Waals surface area contributed by atoms with E-state index in [2.05, 4.69) is 15.6 Å². The maximum absolute atomic E-state index is 12.2. The van der Waals surface area contributed by atoms with Crippen LogP contribution in [0.3, 0.4) is 0 Å². The van der Waals surface area contributed by atoms with Crippen LogP contribution < -0.4 is 10.6 Å². The first-order valence-electron chi connectivity index (χ1n) is 7.34. The van der Waals surface area contributed by atoms with Crippen LogP contribution >= 0.6 is 0 Å². The molecule has 0 radical (unpaired) electrons. The Balaban J connectivity index is 1.55. The number of fused-ring (bicyclic) bond motifs is 1. The fourth-order valence-electron chi connectivity index (χ4n) is 3.43. The largest absolute Gasteiger partial charge is 0.477 e. The topological polar surface area (TPSA) is 91.3 Å². The molecule has 2 heterocycles. The van der Waals surface area contributed by atoms with E-state index in [1.807, 2.05) is 0 Å². The minimum absolute atomic E-state index is 0.0105. The number of rotatable bonds is 4. The van der Waals surface area contributed by atoms with Crippen molar-refractivity contribution in [2.24, 2.45) is 11.8 Å². The van der Waals surface area contributed by atoms with Gasteiger partial charge in [0.05, 0.1) is 6.04 Å². The normalized spacial score (nSPS) is 27.3. The fourth-order valence-corrected chi connectivity index (χ4v) is 3.43. The number of carbonyl (C=O) groups is 2. The summed E-state index contributed by atoms with van der Waals surface area (Å²) in [6.45, 7) is 1.32. The Bertz CT molecular complexity index is 544. The molecule has 6 nitrogen and oxygen atoms in total. The van der Waals surface area contributed by atoms with Crippen molar-refractivity contribution in [3.8, 4) is 0 Å². The highest BCUT2D eigenvalue weighted by Gasteiger charge is 2.42. The minimum Gasteiger partial charge on any atom is -0.477 e. The molecular formula is C15H19N3O3. The van der Waals surface area contributed by atoms with E-state index in [0.717, 1.165) is 18.5 Å². The van der Waals surface area contributed by atoms with Crippen LogP contribution in [0.4, 0.5) is 0 Å². The molecule has 2 fully saturated rings. The second-order valence-corrected chi connectivity index (χ2v) is 5.82. The van der Waals surface area contributed by atoms with Crippen molar-refractivity contribution in [1.82, 2.24) is 15.6 Å². The lowest BCUT2D eigenvalue weighted by atomic mass is 9.93. The molecule has 2 aliphatic rings. The van der Waals surface area contributed by atoms with Gasteiger partial charge in [0, 0.05) is 12.7 Å². The predicted octanol–water partition coefficient (Wildman–Crippen LogP) is 0.784. The van der Waals surface area contributed by atoms with Gasteiger partial charge in [-0.3, -0.25) is 4.79 Å². The number of carbonyl (C=O) groups excluding carboxylic acids is 1. The number of aromatic carboxylic acids is 1. The number of hydrogen-bond acceptors (Lipinski definition) is 4. The Hall–Kier alpha value is -1.95. The molecule has 3 N–H and O–H groups in total. The van der Waals surface area contributed by atoms with Crippen LogP contribution in [0.2, 0.25) is 0 Å². The molecule has 3 rings (SSSR count). The molecule has 0 bridgehead atoms. The van der Waals surface area contributed by atoms with Gasteiger partial charge >= 0.3 is 5.97 Å². The molecule has 1 aromatic rings. The van der Waals surface area contributed by atoms with Gasteiger partial charge in [-0.1, -0.05) is 12.5 Å². The third-order valence-electron chi connectivity index (χ3n) is 4.54. The second kappa shape index (κ2) is 5.81. The van der Waals surface area contributed by atoms with E-state index in [1.54, 1.807) is 6.07 Å². The maximum atomic E-state index is 12.2. The molecule has 21 heavy (non-hydrogen) atoms. The molecule has 1 aromatic heterocycles. The Morgan fingerprint density at radius 3 is 2.95 bits per heavy atom. The smallest absolute Gasteiger partial charge is 0.354 e. The lowest BCUT2D eigenvalue weighted by molar-refractivity contribution is -0.123. The molecule has 3 unspecified atom stereocenters. The first-order chi connectivity index (χ1) is 10.1. The Kier molecular flexibility index (Phi) is 3.88. The number of hydrogen-bond donors (Lipinski definition) is 3. The van der Waals surface area contributed by atoms with Crippen LogP contribution in [-0.2, 0) is 11.3 Å². The third kappa shape index (κ3) is 2.90. The number of pyridine rings is 1. The van der Waals surface area contributed by atoms with E-state index in [-0.39, 0.29) is 17.6 Å². The average Bonchev–Trinajstić information content (AvgIpc) is 3.08. The van der Waals surface area contributed by atoms with E-state index in [4.69, 9.17) is 5.11 Å². The Morgan fingerprint density at radius 2 is 2.24 bits per heavy atom. The molecule has 112 valence electrons. The molecule has 3 atom stereocenters. The van der Waals surface area contributed by atoms with Crippen molar-refractivity contribution in [1.29, 1.82) is 0 Å². The first kappa shape index (κ1) is 14.0. The summed E-state index contributed by atoms with van der Waals surface area (Å²) in [5.41, 5.74) is 0.811. The molecule has 6 heteroatoms. The zero-order valence-corrected chi connectivity index (χ0v) is 11.7. The quantitative estimate of drug-likeness (QED) is 0.762. The van der Waals surface area contributed by atoms with E-state index in [0.29, 0.717) is 18.4 Å². The van der Waals surface area contributed by atoms with Gasteiger partial charge in [0.1, 0.15) is 5.69 Å². The SMILES string of the molecule is O=C(O)c1ccc(CNC(=O)C2NCC3CCCC32)cn1. The number of amides is 1. The Morgan fingerprint density at radius 1 is 1.38 bits per heavy atom. The van der Waals surface area contributed by atoms with Crippen molar-refractivity contribution in [3.05, 3.63) is 29.6 Å². The third-order valence-corrected chi connectivity index (χ3v) is 4.54. The minimum atomic E-state index is -1.05. The second-order valence-electron chi connectivity index (χ2n) is 5.82. The van der Waals surface area contributed by atoms with Crippen LogP contribution in [0.15, 0.2) is 18.3 Å². The lowest BCUT2D eigenvalue weighted by Crippen LogP contribution is -2.43. The Labute approximate surface area is 123 Å². The summed E-state index contributed by atoms with van der Waals surface area (Å²) >= 11 is 0. The summed E-state index contributed by atoms with van der Waals surface area (Å²) in [6, 6.07) is 3.05. The molecule has 1 aliphatic heterocycles. The number of aromatic nitrogens is 1. The van der Waals surface area contributed by atoms with Crippen LogP contribution in [0, 0.1) is 11.8 Å². The highest BCUT2D eigenvalue weighted by molar-refractivity contribution is 5.85. The number of nitrogens with zero attached hydrogens (tertiary/aromatic N) is 1. The van der Waals surface area contributed by atoms with E-state index >= 15 is 0 Å². The van der Waals surface area contributed by atoms with Gasteiger partial charge in [0.15, 0.2) is 0 Å². The standard InChI is InChI=1S/C15H19N3O3/c19-14(13-11-3-1-2-10(11)8-17-13)18-7-9-4-5-12(15(20)21)16-6-9/h4-6,10-11,13,17H,1-3,7-8H2,(H,18,19)(H,20,21). The molecule has 1 amide bonds. The van der Waals surface area contributed by atoms with Crippen molar-refractivity contribution in [3.63, 3.8) is 0 Å². The van der Waals surface area contributed by atoms with Crippen LogP contribution in [-0.4, -0.2) is 34.6 Å². The number of carboxylic acids is 1. The van der Waals surface area contributed by atoms with Crippen LogP contribution in [0.5, 0.6) is 0 Å². The van der Waals surface area contributed by atoms with Gasteiger partial charge < -0.3 is 15.7 Å². The molecule has 0 spiro atoms.